The Morgan fingerprint density at radius 1 is 1.17 bits per heavy atom. The van der Waals surface area contributed by atoms with E-state index in [-0.39, 0.29) is 12.4 Å². The molecule has 0 bridgehead atoms. The SMILES string of the molecule is CON=CC(=O)Oc1cccc2ccccc12.Cl. The number of rotatable bonds is 3. The molecular weight excluding hydrogens is 254 g/mol. The number of halogens is 1. The summed E-state index contributed by atoms with van der Waals surface area (Å²) >= 11 is 0. The Bertz CT molecular complexity index is 564. The van der Waals surface area contributed by atoms with Crippen LogP contribution in [0.5, 0.6) is 5.75 Å². The predicted molar refractivity (Wildman–Crippen MR) is 72.3 cm³/mol. The molecule has 0 aliphatic carbocycles. The molecule has 2 aromatic rings. The quantitative estimate of drug-likeness (QED) is 0.371. The Labute approximate surface area is 111 Å². The van der Waals surface area contributed by atoms with Crippen LogP contribution in [0.3, 0.4) is 0 Å². The Kier molecular flexibility index (Phi) is 5.14. The van der Waals surface area contributed by atoms with Crippen LogP contribution in [0.1, 0.15) is 0 Å². The van der Waals surface area contributed by atoms with Crippen molar-refractivity contribution in [2.45, 2.75) is 0 Å². The van der Waals surface area contributed by atoms with Gasteiger partial charge in [0, 0.05) is 5.39 Å². The molecule has 0 unspecified atom stereocenters. The number of carbonyl (C=O) groups is 1. The van der Waals surface area contributed by atoms with Gasteiger partial charge in [0.1, 0.15) is 12.9 Å². The highest BCUT2D eigenvalue weighted by Crippen LogP contribution is 2.24. The topological polar surface area (TPSA) is 47.9 Å². The average molecular weight is 266 g/mol. The number of esters is 1. The summed E-state index contributed by atoms with van der Waals surface area (Å²) in [5, 5.41) is 5.25. The third-order valence-electron chi connectivity index (χ3n) is 2.22. The minimum Gasteiger partial charge on any atom is -0.422 e. The van der Waals surface area contributed by atoms with Crippen LogP contribution in [0.4, 0.5) is 0 Å². The first-order chi connectivity index (χ1) is 8.31. The van der Waals surface area contributed by atoms with Gasteiger partial charge >= 0.3 is 5.97 Å². The van der Waals surface area contributed by atoms with Crippen molar-refractivity contribution in [2.75, 3.05) is 7.11 Å². The van der Waals surface area contributed by atoms with Crippen molar-refractivity contribution >= 4 is 35.4 Å². The van der Waals surface area contributed by atoms with Gasteiger partial charge in [-0.1, -0.05) is 41.6 Å². The number of fused-ring (bicyclic) bond motifs is 1. The van der Waals surface area contributed by atoms with Crippen LogP contribution in [0.2, 0.25) is 0 Å². The molecule has 0 saturated heterocycles. The minimum atomic E-state index is -0.566. The third-order valence-corrected chi connectivity index (χ3v) is 2.22. The molecule has 18 heavy (non-hydrogen) atoms. The fraction of sp³-hybridized carbons (Fsp3) is 0.0769. The Morgan fingerprint density at radius 2 is 1.89 bits per heavy atom. The molecule has 0 heterocycles. The standard InChI is InChI=1S/C13H11NO3.ClH/c1-16-14-9-13(15)17-12-8-4-6-10-5-2-3-7-11(10)12;/h2-9H,1H3;1H. The lowest BCUT2D eigenvalue weighted by Gasteiger charge is -2.05. The predicted octanol–water partition coefficient (Wildman–Crippen LogP) is 2.80. The number of oxime groups is 1. The van der Waals surface area contributed by atoms with Crippen LogP contribution in [0.25, 0.3) is 10.8 Å². The molecule has 94 valence electrons. The minimum absolute atomic E-state index is 0. The number of hydrogen-bond donors (Lipinski definition) is 0. The van der Waals surface area contributed by atoms with Gasteiger partial charge in [-0.25, -0.2) is 4.79 Å². The van der Waals surface area contributed by atoms with Crippen LogP contribution in [0, 0.1) is 0 Å². The number of nitrogens with zero attached hydrogens (tertiary/aromatic N) is 1. The Balaban J connectivity index is 0.00000162. The van der Waals surface area contributed by atoms with E-state index in [0.29, 0.717) is 5.75 Å². The maximum atomic E-state index is 11.4. The van der Waals surface area contributed by atoms with Gasteiger partial charge in [0.15, 0.2) is 6.21 Å². The zero-order chi connectivity index (χ0) is 12.1. The number of benzene rings is 2. The Morgan fingerprint density at radius 3 is 2.67 bits per heavy atom. The molecule has 0 aromatic heterocycles. The van der Waals surface area contributed by atoms with Crippen molar-refractivity contribution in [1.82, 2.24) is 0 Å². The molecule has 0 fully saturated rings. The lowest BCUT2D eigenvalue weighted by atomic mass is 10.1. The second kappa shape index (κ2) is 6.61. The smallest absolute Gasteiger partial charge is 0.358 e. The molecule has 0 amide bonds. The molecule has 4 nitrogen and oxygen atoms in total. The maximum absolute atomic E-state index is 11.4. The van der Waals surface area contributed by atoms with Crippen molar-refractivity contribution in [3.63, 3.8) is 0 Å². The Hall–Kier alpha value is -2.07. The van der Waals surface area contributed by atoms with Gasteiger partial charge < -0.3 is 9.57 Å². The van der Waals surface area contributed by atoms with E-state index in [9.17, 15) is 4.79 Å². The van der Waals surface area contributed by atoms with Gasteiger partial charge in [-0.15, -0.1) is 12.4 Å². The maximum Gasteiger partial charge on any atom is 0.358 e. The van der Waals surface area contributed by atoms with Crippen molar-refractivity contribution in [3.8, 4) is 5.75 Å². The highest BCUT2D eigenvalue weighted by atomic mass is 35.5. The van der Waals surface area contributed by atoms with Crippen LogP contribution in [-0.2, 0) is 9.63 Å². The molecule has 0 saturated carbocycles. The van der Waals surface area contributed by atoms with Gasteiger partial charge in [-0.3, -0.25) is 0 Å². The van der Waals surface area contributed by atoms with E-state index in [1.54, 1.807) is 6.07 Å². The molecule has 0 spiro atoms. The molecular formula is C13H12ClNO3. The van der Waals surface area contributed by atoms with Crippen LogP contribution < -0.4 is 4.74 Å². The molecule has 2 rings (SSSR count). The van der Waals surface area contributed by atoms with Crippen molar-refractivity contribution in [1.29, 1.82) is 0 Å². The zero-order valence-corrected chi connectivity index (χ0v) is 10.5. The first-order valence-corrected chi connectivity index (χ1v) is 5.07. The monoisotopic (exact) mass is 265 g/mol. The summed E-state index contributed by atoms with van der Waals surface area (Å²) in [6, 6.07) is 13.2. The van der Waals surface area contributed by atoms with Crippen LogP contribution in [-0.4, -0.2) is 19.3 Å². The lowest BCUT2D eigenvalue weighted by Crippen LogP contribution is -2.09. The summed E-state index contributed by atoms with van der Waals surface area (Å²) in [6.07, 6.45) is 0.988. The highest BCUT2D eigenvalue weighted by molar-refractivity contribution is 6.24. The summed E-state index contributed by atoms with van der Waals surface area (Å²) in [6.45, 7) is 0. The molecule has 0 atom stereocenters. The second-order valence-electron chi connectivity index (χ2n) is 3.32. The van der Waals surface area contributed by atoms with Crippen molar-refractivity contribution in [2.24, 2.45) is 5.16 Å². The van der Waals surface area contributed by atoms with E-state index in [0.717, 1.165) is 17.0 Å². The largest absolute Gasteiger partial charge is 0.422 e. The van der Waals surface area contributed by atoms with E-state index in [1.807, 2.05) is 36.4 Å². The summed E-state index contributed by atoms with van der Waals surface area (Å²) in [4.78, 5) is 15.8. The fourth-order valence-corrected chi connectivity index (χ4v) is 1.52. The zero-order valence-electron chi connectivity index (χ0n) is 9.70. The number of hydrogen-bond acceptors (Lipinski definition) is 4. The van der Waals surface area contributed by atoms with Crippen LogP contribution in [0.15, 0.2) is 47.6 Å². The fourth-order valence-electron chi connectivity index (χ4n) is 1.52. The first kappa shape index (κ1) is 14.0. The van der Waals surface area contributed by atoms with E-state index in [2.05, 4.69) is 9.99 Å². The molecule has 2 aromatic carbocycles. The van der Waals surface area contributed by atoms with Gasteiger partial charge in [0.25, 0.3) is 0 Å². The summed E-state index contributed by atoms with van der Waals surface area (Å²) in [5.41, 5.74) is 0. The van der Waals surface area contributed by atoms with Crippen LogP contribution >= 0.6 is 12.4 Å². The molecule has 0 N–H and O–H groups in total. The summed E-state index contributed by atoms with van der Waals surface area (Å²) in [7, 11) is 1.36. The lowest BCUT2D eigenvalue weighted by molar-refractivity contribution is -0.126. The van der Waals surface area contributed by atoms with Gasteiger partial charge in [0.2, 0.25) is 0 Å². The van der Waals surface area contributed by atoms with E-state index < -0.39 is 5.97 Å². The summed E-state index contributed by atoms with van der Waals surface area (Å²) in [5.74, 6) is -0.0566. The highest BCUT2D eigenvalue weighted by Gasteiger charge is 2.05. The molecule has 0 aliphatic heterocycles. The second-order valence-corrected chi connectivity index (χ2v) is 3.32. The molecule has 0 aliphatic rings. The number of ether oxygens (including phenoxy) is 1. The normalized spacial score (nSPS) is 10.1. The third kappa shape index (κ3) is 3.21. The number of carbonyl (C=O) groups excluding carboxylic acids is 1. The molecule has 5 heteroatoms. The average Bonchev–Trinajstić information content (AvgIpc) is 2.37. The van der Waals surface area contributed by atoms with E-state index in [1.165, 1.54) is 7.11 Å². The summed E-state index contributed by atoms with van der Waals surface area (Å²) < 4.78 is 5.16. The van der Waals surface area contributed by atoms with Crippen molar-refractivity contribution in [3.05, 3.63) is 42.5 Å². The van der Waals surface area contributed by atoms with E-state index >= 15 is 0 Å². The van der Waals surface area contributed by atoms with Crippen molar-refractivity contribution < 1.29 is 14.4 Å². The molecule has 0 radical (unpaired) electrons. The van der Waals surface area contributed by atoms with Gasteiger partial charge in [0.05, 0.1) is 0 Å². The van der Waals surface area contributed by atoms with Gasteiger partial charge in [-0.2, -0.15) is 0 Å². The van der Waals surface area contributed by atoms with Gasteiger partial charge in [-0.05, 0) is 11.5 Å². The first-order valence-electron chi connectivity index (χ1n) is 5.07. The van der Waals surface area contributed by atoms with E-state index in [4.69, 9.17) is 4.74 Å².